The number of ether oxygens (including phenoxy) is 1. The van der Waals surface area contributed by atoms with Crippen molar-refractivity contribution < 1.29 is 19.1 Å². The van der Waals surface area contributed by atoms with Gasteiger partial charge in [-0.3, -0.25) is 24.6 Å². The summed E-state index contributed by atoms with van der Waals surface area (Å²) in [5, 5.41) is 6.78. The molecular formula is C32H33ClN4O4. The Kier molecular flexibility index (Phi) is 8.05. The monoisotopic (exact) mass is 572 g/mol. The number of benzene rings is 3. The number of fused-ring (bicyclic) bond motifs is 1. The van der Waals surface area contributed by atoms with Crippen LogP contribution in [0.15, 0.2) is 72.8 Å². The summed E-state index contributed by atoms with van der Waals surface area (Å²) in [5.74, 6) is -0.200. The molecule has 0 spiro atoms. The number of hydrogen-bond acceptors (Lipinski definition) is 6. The van der Waals surface area contributed by atoms with E-state index >= 15 is 0 Å². The summed E-state index contributed by atoms with van der Waals surface area (Å²) in [6, 6.07) is 23.3. The quantitative estimate of drug-likeness (QED) is 0.398. The zero-order valence-electron chi connectivity index (χ0n) is 22.7. The fourth-order valence-corrected chi connectivity index (χ4v) is 6.20. The molecule has 2 fully saturated rings. The van der Waals surface area contributed by atoms with Gasteiger partial charge < -0.3 is 15.0 Å². The van der Waals surface area contributed by atoms with E-state index in [0.717, 1.165) is 42.2 Å². The van der Waals surface area contributed by atoms with Crippen molar-refractivity contribution >= 4 is 29.3 Å². The van der Waals surface area contributed by atoms with E-state index in [-0.39, 0.29) is 30.4 Å². The van der Waals surface area contributed by atoms with Crippen molar-refractivity contribution in [2.75, 3.05) is 13.1 Å². The van der Waals surface area contributed by atoms with Crippen LogP contribution in [0.1, 0.15) is 46.3 Å². The number of nitrogens with zero attached hydrogens (tertiary/aromatic N) is 2. The van der Waals surface area contributed by atoms with E-state index in [1.165, 1.54) is 5.56 Å². The molecule has 6 rings (SSSR count). The Morgan fingerprint density at radius 1 is 0.976 bits per heavy atom. The number of nitrogens with one attached hydrogen (secondary N) is 2. The molecule has 212 valence electrons. The first-order valence-corrected chi connectivity index (χ1v) is 14.5. The van der Waals surface area contributed by atoms with E-state index < -0.39 is 11.9 Å². The number of likely N-dealkylation sites (tertiary alicyclic amines) is 1. The Bertz CT molecular complexity index is 1450. The van der Waals surface area contributed by atoms with Crippen molar-refractivity contribution in [2.45, 2.75) is 57.1 Å². The van der Waals surface area contributed by atoms with Crippen LogP contribution in [-0.2, 0) is 29.2 Å². The second-order valence-corrected chi connectivity index (χ2v) is 11.4. The minimum atomic E-state index is -0.639. The Hall–Kier alpha value is -3.72. The van der Waals surface area contributed by atoms with Crippen LogP contribution in [0.2, 0.25) is 5.02 Å². The lowest BCUT2D eigenvalue weighted by molar-refractivity contribution is -0.136. The van der Waals surface area contributed by atoms with Gasteiger partial charge in [-0.2, -0.15) is 0 Å². The van der Waals surface area contributed by atoms with Gasteiger partial charge in [0.05, 0.1) is 0 Å². The molecule has 3 aromatic rings. The lowest BCUT2D eigenvalue weighted by Gasteiger charge is -2.39. The van der Waals surface area contributed by atoms with Gasteiger partial charge >= 0.3 is 0 Å². The number of piperidine rings is 2. The minimum Gasteiger partial charge on any atom is -0.487 e. The van der Waals surface area contributed by atoms with Gasteiger partial charge in [0.1, 0.15) is 17.9 Å². The van der Waals surface area contributed by atoms with Gasteiger partial charge in [0.25, 0.3) is 5.91 Å². The maximum Gasteiger partial charge on any atom is 0.255 e. The second kappa shape index (κ2) is 12.0. The summed E-state index contributed by atoms with van der Waals surface area (Å²) in [6.45, 7) is 3.48. The van der Waals surface area contributed by atoms with Gasteiger partial charge in [0.2, 0.25) is 11.8 Å². The van der Waals surface area contributed by atoms with E-state index in [1.54, 1.807) is 11.0 Å². The molecule has 3 aliphatic rings. The Balaban J connectivity index is 1.17. The molecule has 0 aromatic heterocycles. The fraction of sp³-hybridized carbons (Fsp3) is 0.344. The molecule has 0 saturated carbocycles. The molecule has 0 bridgehead atoms. The Morgan fingerprint density at radius 2 is 1.78 bits per heavy atom. The summed E-state index contributed by atoms with van der Waals surface area (Å²) >= 11 is 6.42. The minimum absolute atomic E-state index is 0.105. The van der Waals surface area contributed by atoms with Crippen LogP contribution in [0.25, 0.3) is 0 Å². The average molecular weight is 573 g/mol. The highest BCUT2D eigenvalue weighted by Crippen LogP contribution is 2.31. The zero-order valence-corrected chi connectivity index (χ0v) is 23.5. The van der Waals surface area contributed by atoms with Crippen LogP contribution in [0.5, 0.6) is 5.75 Å². The Morgan fingerprint density at radius 3 is 2.59 bits per heavy atom. The summed E-state index contributed by atoms with van der Waals surface area (Å²) in [4.78, 5) is 41.1. The highest BCUT2D eigenvalue weighted by Gasteiger charge is 2.39. The summed E-state index contributed by atoms with van der Waals surface area (Å²) < 4.78 is 6.64. The maximum atomic E-state index is 13.1. The molecule has 41 heavy (non-hydrogen) atoms. The highest BCUT2D eigenvalue weighted by molar-refractivity contribution is 6.31. The topological polar surface area (TPSA) is 91.0 Å². The number of amides is 3. The van der Waals surface area contributed by atoms with Crippen LogP contribution in [0, 0.1) is 0 Å². The number of halogens is 1. The van der Waals surface area contributed by atoms with Crippen molar-refractivity contribution in [2.24, 2.45) is 0 Å². The van der Waals surface area contributed by atoms with Crippen molar-refractivity contribution in [1.82, 2.24) is 20.4 Å². The molecule has 2 saturated heterocycles. The second-order valence-electron chi connectivity index (χ2n) is 11.0. The fourth-order valence-electron chi connectivity index (χ4n) is 6.00. The lowest BCUT2D eigenvalue weighted by atomic mass is 10.00. The molecule has 3 atom stereocenters. The molecule has 3 aliphatic heterocycles. The van der Waals surface area contributed by atoms with Gasteiger partial charge in [-0.25, -0.2) is 0 Å². The number of imide groups is 1. The van der Waals surface area contributed by atoms with Gasteiger partial charge in [-0.1, -0.05) is 60.1 Å². The first-order valence-electron chi connectivity index (χ1n) is 14.1. The Labute approximate surface area is 244 Å². The normalized spacial score (nSPS) is 22.9. The summed E-state index contributed by atoms with van der Waals surface area (Å²) in [6.07, 6.45) is 1.35. The van der Waals surface area contributed by atoms with Gasteiger partial charge in [0, 0.05) is 55.8 Å². The molecule has 9 heteroatoms. The largest absolute Gasteiger partial charge is 0.487 e. The van der Waals surface area contributed by atoms with E-state index in [4.69, 9.17) is 16.3 Å². The van der Waals surface area contributed by atoms with Gasteiger partial charge in [-0.15, -0.1) is 0 Å². The molecule has 8 nitrogen and oxygen atoms in total. The maximum absolute atomic E-state index is 13.1. The van der Waals surface area contributed by atoms with Gasteiger partial charge in [0.15, 0.2) is 0 Å². The molecular weight excluding hydrogens is 540 g/mol. The van der Waals surface area contributed by atoms with Crippen molar-refractivity contribution in [1.29, 1.82) is 0 Å². The van der Waals surface area contributed by atoms with Crippen LogP contribution in [0.4, 0.5) is 0 Å². The number of carbonyl (C=O) groups excluding carboxylic acids is 3. The first kappa shape index (κ1) is 27.4. The molecule has 0 radical (unpaired) electrons. The van der Waals surface area contributed by atoms with E-state index in [9.17, 15) is 14.4 Å². The number of carbonyl (C=O) groups is 3. The molecule has 0 aliphatic carbocycles. The van der Waals surface area contributed by atoms with Crippen LogP contribution < -0.4 is 15.4 Å². The summed E-state index contributed by atoms with van der Waals surface area (Å²) in [5.41, 5.74) is 3.71. The molecule has 2 N–H and O–H groups in total. The molecule has 3 aromatic carbocycles. The number of rotatable bonds is 8. The zero-order chi connectivity index (χ0) is 28.3. The highest BCUT2D eigenvalue weighted by atomic mass is 35.5. The van der Waals surface area contributed by atoms with Crippen molar-refractivity contribution in [3.63, 3.8) is 0 Å². The predicted octanol–water partition coefficient (Wildman–Crippen LogP) is 3.91. The third-order valence-electron chi connectivity index (χ3n) is 8.19. The van der Waals surface area contributed by atoms with Crippen LogP contribution in [-0.4, -0.2) is 58.8 Å². The molecule has 1 unspecified atom stereocenters. The first-order chi connectivity index (χ1) is 19.9. The van der Waals surface area contributed by atoms with Crippen LogP contribution >= 0.6 is 11.6 Å². The van der Waals surface area contributed by atoms with Crippen molar-refractivity contribution in [3.05, 3.63) is 100 Å². The van der Waals surface area contributed by atoms with E-state index in [0.29, 0.717) is 30.8 Å². The lowest BCUT2D eigenvalue weighted by Crippen LogP contribution is -2.54. The molecule has 3 amide bonds. The molecule has 3 heterocycles. The third-order valence-corrected chi connectivity index (χ3v) is 8.56. The van der Waals surface area contributed by atoms with Gasteiger partial charge in [-0.05, 0) is 53.8 Å². The third kappa shape index (κ3) is 6.15. The van der Waals surface area contributed by atoms with Crippen LogP contribution in [0.3, 0.4) is 0 Å². The SMILES string of the molecule is O=C1CCC(N2Cc3cc(O[C@H]4CN(Cc5ccccc5)CC[C@@H]4NCc4ccccc4Cl)ccc3C2=O)C(=O)N1. The summed E-state index contributed by atoms with van der Waals surface area (Å²) in [7, 11) is 0. The van der Waals surface area contributed by atoms with E-state index in [2.05, 4.69) is 39.8 Å². The standard InChI is InChI=1S/C32H33ClN4O4/c33-26-9-5-4-8-22(26)17-34-27-14-15-36(18-21-6-2-1-3-7-21)20-29(27)41-24-10-11-25-23(16-24)19-37(32(25)40)28-12-13-30(38)35-31(28)39/h1-11,16,27-29,34H,12-15,17-20H2,(H,35,38,39)/t27-,28?,29-/m0/s1. The van der Waals surface area contributed by atoms with E-state index in [1.807, 2.05) is 42.5 Å². The van der Waals surface area contributed by atoms with Crippen molar-refractivity contribution in [3.8, 4) is 5.75 Å². The smallest absolute Gasteiger partial charge is 0.255 e. The predicted molar refractivity (Wildman–Crippen MR) is 155 cm³/mol. The number of hydrogen-bond donors (Lipinski definition) is 2. The average Bonchev–Trinajstić information content (AvgIpc) is 3.29.